The molecule has 1 aromatic carbocycles. The van der Waals surface area contributed by atoms with Gasteiger partial charge in [-0.05, 0) is 51.8 Å². The molecule has 1 aliphatic rings. The van der Waals surface area contributed by atoms with Gasteiger partial charge in [-0.15, -0.1) is 0 Å². The number of hydrogen-bond acceptors (Lipinski definition) is 4. The standard InChI is InChI=1S/C20H25ClF3N3O4/c1-4-31-16(28)12-7-9-27(10-8-12)17(29)19(2,3)26-18(30)25-15-6-5-13(11-14(15)21)20(22,23)24/h5-6,11-12H,4,7-10H2,1-3H3,(H2,25,26,30). The average molecular weight is 464 g/mol. The Balaban J connectivity index is 1.95. The van der Waals surface area contributed by atoms with Gasteiger partial charge >= 0.3 is 18.2 Å². The predicted molar refractivity (Wildman–Crippen MR) is 109 cm³/mol. The van der Waals surface area contributed by atoms with Gasteiger partial charge in [0.15, 0.2) is 0 Å². The van der Waals surface area contributed by atoms with Crippen LogP contribution in [0.4, 0.5) is 23.7 Å². The second-order valence-corrected chi connectivity index (χ2v) is 8.12. The fourth-order valence-electron chi connectivity index (χ4n) is 3.26. The highest BCUT2D eigenvalue weighted by molar-refractivity contribution is 6.33. The van der Waals surface area contributed by atoms with Crippen LogP contribution in [-0.4, -0.2) is 48.0 Å². The number of amides is 3. The Morgan fingerprint density at radius 1 is 1.19 bits per heavy atom. The highest BCUT2D eigenvalue weighted by atomic mass is 35.5. The first kappa shape index (κ1) is 24.8. The van der Waals surface area contributed by atoms with Crippen LogP contribution in [0.25, 0.3) is 0 Å². The van der Waals surface area contributed by atoms with E-state index in [9.17, 15) is 27.6 Å². The van der Waals surface area contributed by atoms with Crippen LogP contribution in [0.15, 0.2) is 18.2 Å². The van der Waals surface area contributed by atoms with Gasteiger partial charge < -0.3 is 20.3 Å². The molecule has 0 radical (unpaired) electrons. The second-order valence-electron chi connectivity index (χ2n) is 7.72. The second kappa shape index (κ2) is 9.76. The molecule has 1 fully saturated rings. The highest BCUT2D eigenvalue weighted by Gasteiger charge is 2.37. The molecule has 1 aromatic rings. The number of urea groups is 1. The maximum absolute atomic E-state index is 12.8. The third kappa shape index (κ3) is 6.49. The summed E-state index contributed by atoms with van der Waals surface area (Å²) in [6, 6.07) is 1.76. The summed E-state index contributed by atoms with van der Waals surface area (Å²) in [5, 5.41) is 4.59. The number of rotatable bonds is 5. The van der Waals surface area contributed by atoms with Gasteiger partial charge in [0.2, 0.25) is 5.91 Å². The van der Waals surface area contributed by atoms with Gasteiger partial charge in [0.1, 0.15) is 5.54 Å². The summed E-state index contributed by atoms with van der Waals surface area (Å²) in [6.45, 7) is 5.75. The molecular weight excluding hydrogens is 439 g/mol. The van der Waals surface area contributed by atoms with E-state index in [2.05, 4.69) is 10.6 Å². The topological polar surface area (TPSA) is 87.7 Å². The van der Waals surface area contributed by atoms with Crippen molar-refractivity contribution in [1.82, 2.24) is 10.2 Å². The van der Waals surface area contributed by atoms with Crippen LogP contribution in [-0.2, 0) is 20.5 Å². The number of benzene rings is 1. The largest absolute Gasteiger partial charge is 0.466 e. The number of ether oxygens (including phenoxy) is 1. The zero-order valence-electron chi connectivity index (χ0n) is 17.4. The lowest BCUT2D eigenvalue weighted by Crippen LogP contribution is -2.58. The highest BCUT2D eigenvalue weighted by Crippen LogP contribution is 2.33. The molecule has 0 aliphatic carbocycles. The number of carbonyl (C=O) groups excluding carboxylic acids is 3. The minimum absolute atomic E-state index is 0.0225. The van der Waals surface area contributed by atoms with Gasteiger partial charge in [0.25, 0.3) is 0 Å². The van der Waals surface area contributed by atoms with Crippen LogP contribution in [0.5, 0.6) is 0 Å². The SMILES string of the molecule is CCOC(=O)C1CCN(C(=O)C(C)(C)NC(=O)Nc2ccc(C(F)(F)F)cc2Cl)CC1. The Bertz CT molecular complexity index is 837. The molecule has 1 saturated heterocycles. The summed E-state index contributed by atoms with van der Waals surface area (Å²) in [5.74, 6) is -0.881. The summed E-state index contributed by atoms with van der Waals surface area (Å²) >= 11 is 5.84. The first-order chi connectivity index (χ1) is 14.3. The Kier molecular flexibility index (Phi) is 7.80. The quantitative estimate of drug-likeness (QED) is 0.644. The molecule has 172 valence electrons. The van der Waals surface area contributed by atoms with Crippen molar-refractivity contribution in [3.63, 3.8) is 0 Å². The lowest BCUT2D eigenvalue weighted by molar-refractivity contribution is -0.152. The monoisotopic (exact) mass is 463 g/mol. The van der Waals surface area contributed by atoms with Crippen LogP contribution < -0.4 is 10.6 Å². The molecule has 11 heteroatoms. The van der Waals surface area contributed by atoms with Gasteiger partial charge in [-0.25, -0.2) is 4.79 Å². The number of alkyl halides is 3. The first-order valence-corrected chi connectivity index (χ1v) is 10.1. The summed E-state index contributed by atoms with van der Waals surface area (Å²) in [6.07, 6.45) is -3.62. The predicted octanol–water partition coefficient (Wildman–Crippen LogP) is 4.06. The van der Waals surface area contributed by atoms with Crippen molar-refractivity contribution < 1.29 is 32.3 Å². The zero-order chi connectivity index (χ0) is 23.4. The van der Waals surface area contributed by atoms with Gasteiger partial charge in [-0.3, -0.25) is 9.59 Å². The van der Waals surface area contributed by atoms with Crippen LogP contribution in [0, 0.1) is 5.92 Å². The summed E-state index contributed by atoms with van der Waals surface area (Å²) in [7, 11) is 0. The number of hydrogen-bond donors (Lipinski definition) is 2. The minimum Gasteiger partial charge on any atom is -0.466 e. The van der Waals surface area contributed by atoms with E-state index in [1.165, 1.54) is 13.8 Å². The molecular formula is C20H25ClF3N3O4. The summed E-state index contributed by atoms with van der Waals surface area (Å²) in [5.41, 5.74) is -2.25. The van der Waals surface area contributed by atoms with Crippen LogP contribution in [0.1, 0.15) is 39.2 Å². The minimum atomic E-state index is -4.56. The van der Waals surface area contributed by atoms with E-state index in [0.717, 1.165) is 12.1 Å². The van der Waals surface area contributed by atoms with Gasteiger partial charge in [0, 0.05) is 13.1 Å². The lowest BCUT2D eigenvalue weighted by Gasteiger charge is -2.36. The van der Waals surface area contributed by atoms with Crippen LogP contribution in [0.3, 0.4) is 0 Å². The number of halogens is 4. The van der Waals surface area contributed by atoms with E-state index < -0.39 is 23.3 Å². The Labute approximate surface area is 183 Å². The van der Waals surface area contributed by atoms with Crippen molar-refractivity contribution in [3.05, 3.63) is 28.8 Å². The molecule has 0 spiro atoms. The lowest BCUT2D eigenvalue weighted by atomic mass is 9.94. The maximum Gasteiger partial charge on any atom is 0.416 e. The third-order valence-corrected chi connectivity index (χ3v) is 5.22. The van der Waals surface area contributed by atoms with E-state index in [4.69, 9.17) is 16.3 Å². The molecule has 7 nitrogen and oxygen atoms in total. The number of esters is 1. The van der Waals surface area contributed by atoms with Crippen LogP contribution in [0.2, 0.25) is 5.02 Å². The molecule has 0 saturated carbocycles. The van der Waals surface area contributed by atoms with Crippen molar-refractivity contribution in [2.24, 2.45) is 5.92 Å². The van der Waals surface area contributed by atoms with Crippen molar-refractivity contribution in [2.45, 2.75) is 45.3 Å². The van der Waals surface area contributed by atoms with E-state index in [1.54, 1.807) is 11.8 Å². The molecule has 1 aliphatic heterocycles. The normalized spacial score (nSPS) is 15.4. The van der Waals surface area contributed by atoms with Gasteiger partial charge in [0.05, 0.1) is 28.8 Å². The van der Waals surface area contributed by atoms with Crippen LogP contribution >= 0.6 is 11.6 Å². The Morgan fingerprint density at radius 2 is 1.81 bits per heavy atom. The summed E-state index contributed by atoms with van der Waals surface area (Å²) < 4.78 is 43.2. The van der Waals surface area contributed by atoms with Gasteiger partial charge in [-0.2, -0.15) is 13.2 Å². The van der Waals surface area contributed by atoms with Crippen molar-refractivity contribution in [1.29, 1.82) is 0 Å². The third-order valence-electron chi connectivity index (χ3n) is 4.91. The molecule has 0 aromatic heterocycles. The molecule has 0 bridgehead atoms. The smallest absolute Gasteiger partial charge is 0.416 e. The van der Waals surface area contributed by atoms with E-state index in [0.29, 0.717) is 38.6 Å². The van der Waals surface area contributed by atoms with Crippen molar-refractivity contribution in [2.75, 3.05) is 25.0 Å². The number of piperidine rings is 1. The maximum atomic E-state index is 12.8. The molecule has 31 heavy (non-hydrogen) atoms. The van der Waals surface area contributed by atoms with E-state index in [1.807, 2.05) is 0 Å². The zero-order valence-corrected chi connectivity index (χ0v) is 18.2. The van der Waals surface area contributed by atoms with Crippen molar-refractivity contribution in [3.8, 4) is 0 Å². The number of likely N-dealkylation sites (tertiary alicyclic amines) is 1. The average Bonchev–Trinajstić information content (AvgIpc) is 2.68. The Hall–Kier alpha value is -2.49. The number of carbonyl (C=O) groups is 3. The summed E-state index contributed by atoms with van der Waals surface area (Å²) in [4.78, 5) is 38.6. The van der Waals surface area contributed by atoms with E-state index in [-0.39, 0.29) is 28.5 Å². The molecule has 1 heterocycles. The number of nitrogens with one attached hydrogen (secondary N) is 2. The van der Waals surface area contributed by atoms with Crippen molar-refractivity contribution >= 4 is 35.2 Å². The fourth-order valence-corrected chi connectivity index (χ4v) is 3.49. The molecule has 3 amide bonds. The Morgan fingerprint density at radius 3 is 2.32 bits per heavy atom. The van der Waals surface area contributed by atoms with E-state index >= 15 is 0 Å². The molecule has 0 unspecified atom stereocenters. The molecule has 0 atom stereocenters. The number of nitrogens with zero attached hydrogens (tertiary/aromatic N) is 1. The molecule has 2 rings (SSSR count). The van der Waals surface area contributed by atoms with Gasteiger partial charge in [-0.1, -0.05) is 11.6 Å². The fraction of sp³-hybridized carbons (Fsp3) is 0.550. The molecule has 2 N–H and O–H groups in total. The number of anilines is 1. The first-order valence-electron chi connectivity index (χ1n) is 9.77.